The van der Waals surface area contributed by atoms with Gasteiger partial charge in [-0.05, 0) is 26.7 Å². The number of hydrogen-bond donors (Lipinski definition) is 1. The van der Waals surface area contributed by atoms with Crippen LogP contribution >= 0.6 is 0 Å². The van der Waals surface area contributed by atoms with Gasteiger partial charge in [-0.1, -0.05) is 0 Å². The molecule has 2 aliphatic rings. The molecule has 1 amide bonds. The van der Waals surface area contributed by atoms with Crippen LogP contribution in [0.15, 0.2) is 6.20 Å². The normalized spacial score (nSPS) is 22.7. The predicted octanol–water partition coefficient (Wildman–Crippen LogP) is 0.494. The highest BCUT2D eigenvalue weighted by atomic mass is 16.2. The highest BCUT2D eigenvalue weighted by Crippen LogP contribution is 2.25. The van der Waals surface area contributed by atoms with E-state index in [9.17, 15) is 4.79 Å². The second-order valence-corrected chi connectivity index (χ2v) is 5.83. The minimum Gasteiger partial charge on any atom is -0.343 e. The van der Waals surface area contributed by atoms with Gasteiger partial charge in [-0.2, -0.15) is 0 Å². The van der Waals surface area contributed by atoms with Gasteiger partial charge in [0.2, 0.25) is 5.91 Å². The SMILES string of the molecule is Cc1ncc(N2CCCC2C(=O)N2CCNCC2)nc1C. The fourth-order valence-corrected chi connectivity index (χ4v) is 3.06. The van der Waals surface area contributed by atoms with Crippen molar-refractivity contribution in [3.63, 3.8) is 0 Å². The first-order chi connectivity index (χ1) is 10.2. The van der Waals surface area contributed by atoms with Gasteiger partial charge in [-0.25, -0.2) is 4.98 Å². The van der Waals surface area contributed by atoms with Crippen molar-refractivity contribution in [3.8, 4) is 0 Å². The number of aromatic nitrogens is 2. The molecule has 3 heterocycles. The molecule has 0 radical (unpaired) electrons. The molecule has 0 spiro atoms. The van der Waals surface area contributed by atoms with E-state index < -0.39 is 0 Å². The molecule has 6 heteroatoms. The van der Waals surface area contributed by atoms with Crippen LogP contribution in [0, 0.1) is 13.8 Å². The first kappa shape index (κ1) is 14.3. The van der Waals surface area contributed by atoms with E-state index in [1.165, 1.54) is 0 Å². The molecule has 2 fully saturated rings. The summed E-state index contributed by atoms with van der Waals surface area (Å²) < 4.78 is 0. The van der Waals surface area contributed by atoms with Gasteiger partial charge in [0.25, 0.3) is 0 Å². The molecule has 1 unspecified atom stereocenters. The number of hydrogen-bond acceptors (Lipinski definition) is 5. The minimum atomic E-state index is -0.0699. The Bertz CT molecular complexity index is 527. The number of nitrogens with one attached hydrogen (secondary N) is 1. The summed E-state index contributed by atoms with van der Waals surface area (Å²) in [7, 11) is 0. The molecule has 1 atom stereocenters. The van der Waals surface area contributed by atoms with E-state index in [1.807, 2.05) is 18.7 Å². The first-order valence-electron chi connectivity index (χ1n) is 7.73. The number of piperazine rings is 1. The third-order valence-electron chi connectivity index (χ3n) is 4.44. The maximum atomic E-state index is 12.7. The van der Waals surface area contributed by atoms with Crippen LogP contribution in [0.4, 0.5) is 5.82 Å². The molecule has 2 aliphatic heterocycles. The van der Waals surface area contributed by atoms with Crippen molar-refractivity contribution in [3.05, 3.63) is 17.6 Å². The average molecular weight is 289 g/mol. The maximum absolute atomic E-state index is 12.7. The fraction of sp³-hybridized carbons (Fsp3) is 0.667. The smallest absolute Gasteiger partial charge is 0.245 e. The van der Waals surface area contributed by atoms with Gasteiger partial charge < -0.3 is 15.1 Å². The fourth-order valence-electron chi connectivity index (χ4n) is 3.06. The second-order valence-electron chi connectivity index (χ2n) is 5.83. The lowest BCUT2D eigenvalue weighted by molar-refractivity contribution is -0.133. The summed E-state index contributed by atoms with van der Waals surface area (Å²) >= 11 is 0. The molecule has 1 N–H and O–H groups in total. The summed E-state index contributed by atoms with van der Waals surface area (Å²) in [6.45, 7) is 8.21. The van der Waals surface area contributed by atoms with Crippen LogP contribution in [0.25, 0.3) is 0 Å². The summed E-state index contributed by atoms with van der Waals surface area (Å²) in [4.78, 5) is 25.9. The molecule has 6 nitrogen and oxygen atoms in total. The lowest BCUT2D eigenvalue weighted by Crippen LogP contribution is -2.52. The Kier molecular flexibility index (Phi) is 4.05. The van der Waals surface area contributed by atoms with E-state index in [4.69, 9.17) is 0 Å². The zero-order valence-electron chi connectivity index (χ0n) is 12.8. The van der Waals surface area contributed by atoms with Gasteiger partial charge in [-0.3, -0.25) is 9.78 Å². The third-order valence-corrected chi connectivity index (χ3v) is 4.44. The Labute approximate surface area is 125 Å². The molecule has 3 rings (SSSR count). The molecular weight excluding hydrogens is 266 g/mol. The van der Waals surface area contributed by atoms with E-state index in [2.05, 4.69) is 20.2 Å². The number of carbonyl (C=O) groups is 1. The number of aryl methyl sites for hydroxylation is 2. The Morgan fingerprint density at radius 2 is 2.00 bits per heavy atom. The number of rotatable bonds is 2. The third kappa shape index (κ3) is 2.85. The summed E-state index contributed by atoms with van der Waals surface area (Å²) in [5.41, 5.74) is 1.88. The number of nitrogens with zero attached hydrogens (tertiary/aromatic N) is 4. The molecular formula is C15H23N5O. The molecule has 0 bridgehead atoms. The average Bonchev–Trinajstić information content (AvgIpc) is 2.99. The summed E-state index contributed by atoms with van der Waals surface area (Å²) in [6, 6.07) is -0.0699. The zero-order chi connectivity index (χ0) is 14.8. The van der Waals surface area contributed by atoms with Crippen molar-refractivity contribution in [1.82, 2.24) is 20.2 Å². The number of anilines is 1. The Morgan fingerprint density at radius 1 is 1.24 bits per heavy atom. The van der Waals surface area contributed by atoms with E-state index >= 15 is 0 Å². The number of amides is 1. The van der Waals surface area contributed by atoms with Crippen LogP contribution in [0.3, 0.4) is 0 Å². The lowest BCUT2D eigenvalue weighted by Gasteiger charge is -2.33. The predicted molar refractivity (Wildman–Crippen MR) is 81.3 cm³/mol. The standard InChI is InChI=1S/C15H23N5O/c1-11-12(2)18-14(10-17-11)20-7-3-4-13(20)15(21)19-8-5-16-6-9-19/h10,13,16H,3-9H2,1-2H3. The van der Waals surface area contributed by atoms with Gasteiger partial charge in [0.15, 0.2) is 0 Å². The number of carbonyl (C=O) groups excluding carboxylic acids is 1. The molecule has 21 heavy (non-hydrogen) atoms. The van der Waals surface area contributed by atoms with Crippen LogP contribution < -0.4 is 10.2 Å². The van der Waals surface area contributed by atoms with Crippen LogP contribution in [0.5, 0.6) is 0 Å². The van der Waals surface area contributed by atoms with Crippen molar-refractivity contribution in [2.75, 3.05) is 37.6 Å². The van der Waals surface area contributed by atoms with Crippen LogP contribution in [-0.2, 0) is 4.79 Å². The molecule has 114 valence electrons. The molecule has 1 aromatic rings. The molecule has 0 aliphatic carbocycles. The largest absolute Gasteiger partial charge is 0.343 e. The Morgan fingerprint density at radius 3 is 2.71 bits per heavy atom. The molecule has 0 aromatic carbocycles. The van der Waals surface area contributed by atoms with E-state index in [1.54, 1.807) is 6.20 Å². The van der Waals surface area contributed by atoms with Gasteiger partial charge in [0, 0.05) is 32.7 Å². The monoisotopic (exact) mass is 289 g/mol. The Balaban J connectivity index is 1.78. The van der Waals surface area contributed by atoms with Crippen molar-refractivity contribution in [2.45, 2.75) is 32.7 Å². The zero-order valence-corrected chi connectivity index (χ0v) is 12.8. The quantitative estimate of drug-likeness (QED) is 0.859. The maximum Gasteiger partial charge on any atom is 0.245 e. The Hall–Kier alpha value is -1.69. The van der Waals surface area contributed by atoms with Crippen LogP contribution in [0.2, 0.25) is 0 Å². The van der Waals surface area contributed by atoms with Crippen LogP contribution in [0.1, 0.15) is 24.2 Å². The summed E-state index contributed by atoms with van der Waals surface area (Å²) in [6.07, 6.45) is 3.75. The van der Waals surface area contributed by atoms with Gasteiger partial charge >= 0.3 is 0 Å². The molecule has 0 saturated carbocycles. The first-order valence-corrected chi connectivity index (χ1v) is 7.73. The van der Waals surface area contributed by atoms with E-state index in [-0.39, 0.29) is 11.9 Å². The van der Waals surface area contributed by atoms with E-state index in [0.717, 1.165) is 62.8 Å². The highest BCUT2D eigenvalue weighted by Gasteiger charge is 2.35. The lowest BCUT2D eigenvalue weighted by atomic mass is 10.1. The topological polar surface area (TPSA) is 61.4 Å². The summed E-state index contributed by atoms with van der Waals surface area (Å²) in [5.74, 6) is 1.08. The van der Waals surface area contributed by atoms with Gasteiger partial charge in [-0.15, -0.1) is 0 Å². The molecule has 2 saturated heterocycles. The van der Waals surface area contributed by atoms with Crippen molar-refractivity contribution < 1.29 is 4.79 Å². The van der Waals surface area contributed by atoms with Gasteiger partial charge in [0.05, 0.1) is 17.6 Å². The summed E-state index contributed by atoms with van der Waals surface area (Å²) in [5, 5.41) is 3.29. The second kappa shape index (κ2) is 5.97. The minimum absolute atomic E-state index is 0.0699. The van der Waals surface area contributed by atoms with Crippen molar-refractivity contribution in [2.24, 2.45) is 0 Å². The van der Waals surface area contributed by atoms with Crippen molar-refractivity contribution in [1.29, 1.82) is 0 Å². The van der Waals surface area contributed by atoms with Gasteiger partial charge in [0.1, 0.15) is 11.9 Å². The van der Waals surface area contributed by atoms with E-state index in [0.29, 0.717) is 0 Å². The molecule has 1 aromatic heterocycles. The van der Waals surface area contributed by atoms with Crippen molar-refractivity contribution >= 4 is 11.7 Å². The van der Waals surface area contributed by atoms with Crippen LogP contribution in [-0.4, -0.2) is 59.5 Å². The highest BCUT2D eigenvalue weighted by molar-refractivity contribution is 5.85.